The predicted octanol–water partition coefficient (Wildman–Crippen LogP) is 8.21. The quantitative estimate of drug-likeness (QED) is 0.127. The Morgan fingerprint density at radius 3 is 2.07 bits per heavy atom. The van der Waals surface area contributed by atoms with Crippen LogP contribution >= 0.6 is 11.8 Å². The Labute approximate surface area is 263 Å². The molecule has 0 saturated heterocycles. The summed E-state index contributed by atoms with van der Waals surface area (Å²) < 4.78 is 85.5. The molecule has 0 radical (unpaired) electrons. The molecule has 46 heavy (non-hydrogen) atoms. The van der Waals surface area contributed by atoms with Crippen molar-refractivity contribution in [1.82, 2.24) is 0 Å². The summed E-state index contributed by atoms with van der Waals surface area (Å²) in [5.41, 5.74) is -3.49. The number of carboxylic acids is 2. The van der Waals surface area contributed by atoms with Crippen LogP contribution in [0.4, 0.5) is 37.7 Å². The van der Waals surface area contributed by atoms with Gasteiger partial charge in [0.2, 0.25) is 5.91 Å². The number of hydrogen-bond donors (Lipinski definition) is 4. The molecule has 1 aliphatic rings. The van der Waals surface area contributed by atoms with E-state index in [-0.39, 0.29) is 23.0 Å². The van der Waals surface area contributed by atoms with Crippen molar-refractivity contribution in [3.8, 4) is 0 Å². The van der Waals surface area contributed by atoms with Crippen LogP contribution in [-0.2, 0) is 33.2 Å². The molecular weight excluding hydrogens is 638 g/mol. The molecule has 4 rings (SSSR count). The summed E-state index contributed by atoms with van der Waals surface area (Å²) in [6, 6.07) is 13.6. The Bertz CT molecular complexity index is 1610. The zero-order valence-electron chi connectivity index (χ0n) is 23.9. The molecule has 0 spiro atoms. The van der Waals surface area contributed by atoms with Crippen molar-refractivity contribution in [3.63, 3.8) is 0 Å². The van der Waals surface area contributed by atoms with Crippen molar-refractivity contribution < 1.29 is 50.9 Å². The third-order valence-corrected chi connectivity index (χ3v) is 8.32. The highest BCUT2D eigenvalue weighted by molar-refractivity contribution is 7.99. The first-order valence-corrected chi connectivity index (χ1v) is 14.8. The van der Waals surface area contributed by atoms with Gasteiger partial charge in [-0.05, 0) is 79.3 Å². The van der Waals surface area contributed by atoms with Crippen LogP contribution in [0.2, 0.25) is 0 Å². The second-order valence-electron chi connectivity index (χ2n) is 10.6. The van der Waals surface area contributed by atoms with E-state index in [9.17, 15) is 45.8 Å². The van der Waals surface area contributed by atoms with Crippen LogP contribution in [0.5, 0.6) is 0 Å². The molecule has 7 nitrogen and oxygen atoms in total. The third kappa shape index (κ3) is 9.28. The number of nitrogens with one attached hydrogen (secondary N) is 2. The van der Waals surface area contributed by atoms with Crippen LogP contribution in [0, 0.1) is 5.92 Å². The smallest absolute Gasteiger partial charge is 0.418 e. The normalized spacial score (nSPS) is 17.1. The van der Waals surface area contributed by atoms with Crippen molar-refractivity contribution >= 4 is 47.1 Å². The number of alkyl halides is 6. The van der Waals surface area contributed by atoms with Crippen molar-refractivity contribution in [2.75, 3.05) is 10.6 Å². The Morgan fingerprint density at radius 1 is 0.826 bits per heavy atom. The number of rotatable bonds is 10. The van der Waals surface area contributed by atoms with Crippen LogP contribution in [0.3, 0.4) is 0 Å². The molecule has 1 aliphatic carbocycles. The summed E-state index contributed by atoms with van der Waals surface area (Å²) >= 11 is 0.514. The number of aliphatic carboxylic acids is 2. The lowest BCUT2D eigenvalue weighted by atomic mass is 9.86. The molecule has 14 heteroatoms. The Morgan fingerprint density at radius 2 is 1.48 bits per heavy atom. The fraction of sp³-hybridized carbons (Fsp3) is 0.281. The molecule has 3 aromatic rings. The van der Waals surface area contributed by atoms with Gasteiger partial charge < -0.3 is 20.8 Å². The van der Waals surface area contributed by atoms with Gasteiger partial charge in [0.05, 0.1) is 23.5 Å². The fourth-order valence-corrected chi connectivity index (χ4v) is 6.18. The van der Waals surface area contributed by atoms with Gasteiger partial charge in [0.1, 0.15) is 0 Å². The molecule has 0 atom stereocenters. The zero-order valence-corrected chi connectivity index (χ0v) is 24.7. The SMILES string of the molecule is O=C(O)Cc1ccc(NC(=O)/C=C/c2ccc(Sc3cccc(NC4CCC(C(=O)O)CC4)c3)c(C(F)(F)F)c2C(F)(F)F)cc1. The molecule has 4 N–H and O–H groups in total. The Balaban J connectivity index is 1.56. The van der Waals surface area contributed by atoms with Gasteiger partial charge in [-0.3, -0.25) is 14.4 Å². The van der Waals surface area contributed by atoms with E-state index in [1.807, 2.05) is 0 Å². The number of hydrogen-bond acceptors (Lipinski definition) is 5. The summed E-state index contributed by atoms with van der Waals surface area (Å²) in [5.74, 6) is -3.27. The molecule has 1 amide bonds. The second kappa shape index (κ2) is 14.3. The highest BCUT2D eigenvalue weighted by Crippen LogP contribution is 2.48. The molecule has 1 fully saturated rings. The number of amides is 1. The molecular formula is C32H28F6N2O5S. The maximum atomic E-state index is 14.3. The largest absolute Gasteiger partial charge is 0.481 e. The zero-order chi connectivity index (χ0) is 33.6. The van der Waals surface area contributed by atoms with E-state index in [1.165, 1.54) is 36.4 Å². The number of anilines is 2. The minimum atomic E-state index is -5.42. The Hall–Kier alpha value is -4.46. The van der Waals surface area contributed by atoms with Gasteiger partial charge in [0.25, 0.3) is 0 Å². The van der Waals surface area contributed by atoms with Gasteiger partial charge >= 0.3 is 24.3 Å². The van der Waals surface area contributed by atoms with Gasteiger partial charge in [0.15, 0.2) is 0 Å². The van der Waals surface area contributed by atoms with Gasteiger partial charge in [-0.25, -0.2) is 0 Å². The third-order valence-electron chi connectivity index (χ3n) is 7.27. The minimum Gasteiger partial charge on any atom is -0.481 e. The van der Waals surface area contributed by atoms with E-state index >= 15 is 0 Å². The molecule has 0 aromatic heterocycles. The predicted molar refractivity (Wildman–Crippen MR) is 159 cm³/mol. The highest BCUT2D eigenvalue weighted by atomic mass is 32.2. The first kappa shape index (κ1) is 34.4. The summed E-state index contributed by atoms with van der Waals surface area (Å²) in [5, 5.41) is 23.6. The number of carboxylic acid groups (broad SMARTS) is 2. The van der Waals surface area contributed by atoms with E-state index in [0.29, 0.717) is 60.8 Å². The molecule has 0 heterocycles. The molecule has 244 valence electrons. The van der Waals surface area contributed by atoms with Crippen LogP contribution in [0.1, 0.15) is 47.9 Å². The number of halogens is 6. The lowest BCUT2D eigenvalue weighted by Gasteiger charge is -2.27. The summed E-state index contributed by atoms with van der Waals surface area (Å²) in [6.45, 7) is 0. The molecule has 0 bridgehead atoms. The highest BCUT2D eigenvalue weighted by Gasteiger charge is 2.46. The van der Waals surface area contributed by atoms with Gasteiger partial charge in [-0.15, -0.1) is 0 Å². The van der Waals surface area contributed by atoms with E-state index < -0.39 is 57.7 Å². The van der Waals surface area contributed by atoms with E-state index in [0.717, 1.165) is 12.1 Å². The summed E-state index contributed by atoms with van der Waals surface area (Å²) in [4.78, 5) is 34.0. The lowest BCUT2D eigenvalue weighted by molar-refractivity contribution is -0.163. The molecule has 1 saturated carbocycles. The average molecular weight is 667 g/mol. The van der Waals surface area contributed by atoms with Crippen molar-refractivity contribution in [3.05, 3.63) is 89.0 Å². The topological polar surface area (TPSA) is 116 Å². The van der Waals surface area contributed by atoms with Crippen LogP contribution in [0.15, 0.2) is 76.5 Å². The van der Waals surface area contributed by atoms with Gasteiger partial charge in [-0.2, -0.15) is 26.3 Å². The molecule has 0 unspecified atom stereocenters. The summed E-state index contributed by atoms with van der Waals surface area (Å²) in [6.07, 6.45) is -7.64. The monoisotopic (exact) mass is 666 g/mol. The minimum absolute atomic E-state index is 0.0574. The molecule has 0 aliphatic heterocycles. The fourth-order valence-electron chi connectivity index (χ4n) is 5.14. The van der Waals surface area contributed by atoms with E-state index in [1.54, 1.807) is 12.1 Å². The van der Waals surface area contributed by atoms with E-state index in [4.69, 9.17) is 5.11 Å². The van der Waals surface area contributed by atoms with Crippen molar-refractivity contribution in [1.29, 1.82) is 0 Å². The maximum absolute atomic E-state index is 14.3. The van der Waals surface area contributed by atoms with Crippen LogP contribution in [0.25, 0.3) is 6.08 Å². The summed E-state index contributed by atoms with van der Waals surface area (Å²) in [7, 11) is 0. The van der Waals surface area contributed by atoms with Crippen LogP contribution in [-0.4, -0.2) is 34.1 Å². The van der Waals surface area contributed by atoms with Gasteiger partial charge in [-0.1, -0.05) is 36.0 Å². The lowest BCUT2D eigenvalue weighted by Crippen LogP contribution is -2.29. The maximum Gasteiger partial charge on any atom is 0.418 e. The van der Waals surface area contributed by atoms with Gasteiger partial charge in [0, 0.05) is 33.3 Å². The first-order valence-electron chi connectivity index (χ1n) is 14.0. The number of carbonyl (C=O) groups is 3. The first-order chi connectivity index (χ1) is 21.6. The number of carbonyl (C=O) groups excluding carboxylic acids is 1. The standard InChI is InChI=1S/C32H28F6N2O5S/c33-31(34,35)28-19(9-15-26(41)40-22-10-4-18(5-11-22)16-27(42)43)8-14-25(29(28)32(36,37)38)46-24-3-1-2-23(17-24)39-21-12-6-20(7-13-21)30(44)45/h1-5,8-11,14-15,17,20-21,39H,6-7,12-13,16H2,(H,40,41)(H,42,43)(H,44,45)/b15-9+. The molecule has 3 aromatic carbocycles. The number of benzene rings is 3. The second-order valence-corrected chi connectivity index (χ2v) is 11.8. The average Bonchev–Trinajstić information content (AvgIpc) is 2.96. The van der Waals surface area contributed by atoms with Crippen molar-refractivity contribution in [2.24, 2.45) is 5.92 Å². The Kier molecular flexibility index (Phi) is 10.7. The van der Waals surface area contributed by atoms with Crippen LogP contribution < -0.4 is 10.6 Å². The van der Waals surface area contributed by atoms with Crippen molar-refractivity contribution in [2.45, 2.75) is 60.3 Å². The van der Waals surface area contributed by atoms with E-state index in [2.05, 4.69) is 10.6 Å².